The minimum Gasteiger partial charge on any atom is -0.436 e. The molecule has 130 valence electrons. The first-order valence-electron chi connectivity index (χ1n) is 7.81. The Morgan fingerprint density at radius 3 is 2.96 bits per heavy atom. The van der Waals surface area contributed by atoms with Crippen LogP contribution in [0.4, 0.5) is 4.39 Å². The third-order valence-corrected chi connectivity index (χ3v) is 4.56. The molecule has 0 saturated carbocycles. The van der Waals surface area contributed by atoms with E-state index in [1.54, 1.807) is 20.0 Å². The zero-order valence-electron chi connectivity index (χ0n) is 13.9. The van der Waals surface area contributed by atoms with Crippen molar-refractivity contribution in [3.05, 3.63) is 53.4 Å². The minimum atomic E-state index is -0.978. The minimum absolute atomic E-state index is 0.354. The molecule has 3 rings (SSSR count). The summed E-state index contributed by atoms with van der Waals surface area (Å²) in [6.07, 6.45) is 12.4. The van der Waals surface area contributed by atoms with Crippen LogP contribution in [0, 0.1) is 0 Å². The Hall–Kier alpha value is -2.25. The molecule has 0 bridgehead atoms. The highest BCUT2D eigenvalue weighted by atomic mass is 32.2. The van der Waals surface area contributed by atoms with E-state index in [0.29, 0.717) is 34.4 Å². The Kier molecular flexibility index (Phi) is 5.15. The molecule has 1 N–H and O–H groups in total. The van der Waals surface area contributed by atoms with Crippen LogP contribution in [0.3, 0.4) is 0 Å². The van der Waals surface area contributed by atoms with Crippen molar-refractivity contribution in [2.45, 2.75) is 37.4 Å². The van der Waals surface area contributed by atoms with Gasteiger partial charge in [0.15, 0.2) is 11.5 Å². The summed E-state index contributed by atoms with van der Waals surface area (Å²) in [5.74, 6) is -0.354. The average Bonchev–Trinajstić information content (AvgIpc) is 2.74. The summed E-state index contributed by atoms with van der Waals surface area (Å²) in [6, 6.07) is 0. The molecule has 7 heteroatoms. The summed E-state index contributed by atoms with van der Waals surface area (Å²) >= 11 is 1.28. The number of halogens is 1. The fourth-order valence-corrected chi connectivity index (χ4v) is 3.09. The van der Waals surface area contributed by atoms with Gasteiger partial charge in [-0.2, -0.15) is 0 Å². The van der Waals surface area contributed by atoms with Crippen LogP contribution in [0.25, 0.3) is 5.57 Å². The van der Waals surface area contributed by atoms with Crippen molar-refractivity contribution in [2.24, 2.45) is 9.98 Å². The maximum Gasteiger partial charge on any atom is 0.194 e. The van der Waals surface area contributed by atoms with Crippen LogP contribution in [0.15, 0.2) is 67.2 Å². The van der Waals surface area contributed by atoms with Gasteiger partial charge < -0.3 is 9.52 Å². The van der Waals surface area contributed by atoms with E-state index in [1.807, 2.05) is 18.2 Å². The monoisotopic (exact) mass is 359 g/mol. The van der Waals surface area contributed by atoms with Crippen molar-refractivity contribution in [1.29, 1.82) is 0 Å². The van der Waals surface area contributed by atoms with Crippen LogP contribution in [-0.4, -0.2) is 27.6 Å². The Labute approximate surface area is 149 Å². The van der Waals surface area contributed by atoms with E-state index in [4.69, 9.17) is 4.42 Å². The maximum atomic E-state index is 13.2. The van der Waals surface area contributed by atoms with Gasteiger partial charge in [0.2, 0.25) is 0 Å². The fourth-order valence-electron chi connectivity index (χ4n) is 2.25. The second-order valence-electron chi connectivity index (χ2n) is 6.04. The Balaban J connectivity index is 1.85. The van der Waals surface area contributed by atoms with Gasteiger partial charge in [-0.15, -0.1) is 0 Å². The summed E-state index contributed by atoms with van der Waals surface area (Å²) in [6.45, 7) is 3.42. The lowest BCUT2D eigenvalue weighted by atomic mass is 10.00. The van der Waals surface area contributed by atoms with E-state index in [1.165, 1.54) is 30.4 Å². The van der Waals surface area contributed by atoms with Gasteiger partial charge in [-0.3, -0.25) is 4.99 Å². The van der Waals surface area contributed by atoms with E-state index >= 15 is 0 Å². The molecule has 0 unspecified atom stereocenters. The van der Waals surface area contributed by atoms with Crippen LogP contribution in [0.1, 0.15) is 32.4 Å². The Morgan fingerprint density at radius 1 is 1.32 bits per heavy atom. The highest BCUT2D eigenvalue weighted by Gasteiger charge is 2.21. The number of thioether (sulfide) groups is 1. The van der Waals surface area contributed by atoms with Gasteiger partial charge in [0.1, 0.15) is 16.5 Å². The van der Waals surface area contributed by atoms with Crippen molar-refractivity contribution in [1.82, 2.24) is 4.98 Å². The normalized spacial score (nSPS) is 18.1. The molecule has 1 aromatic rings. The van der Waals surface area contributed by atoms with E-state index in [-0.39, 0.29) is 5.83 Å². The van der Waals surface area contributed by atoms with Crippen LogP contribution in [0.2, 0.25) is 0 Å². The van der Waals surface area contributed by atoms with E-state index in [9.17, 15) is 9.50 Å². The topological polar surface area (TPSA) is 71.0 Å². The SMILES string of the molecule is CC(C)(O)C1=NC=C(c2ncoc2SC2=CCC=C(F)C=N2)C=CC1. The molecular formula is C18H18FN3O2S. The van der Waals surface area contributed by atoms with Gasteiger partial charge in [-0.1, -0.05) is 12.2 Å². The van der Waals surface area contributed by atoms with Gasteiger partial charge >= 0.3 is 0 Å². The van der Waals surface area contributed by atoms with Crippen molar-refractivity contribution in [3.63, 3.8) is 0 Å². The number of allylic oxidation sites excluding steroid dienone is 6. The average molecular weight is 359 g/mol. The number of aliphatic hydroxyl groups is 1. The molecule has 3 heterocycles. The first-order valence-corrected chi connectivity index (χ1v) is 8.63. The third-order valence-electron chi connectivity index (χ3n) is 3.60. The maximum absolute atomic E-state index is 13.2. The number of rotatable bonds is 4. The van der Waals surface area contributed by atoms with Gasteiger partial charge in [0, 0.05) is 18.2 Å². The molecule has 2 aliphatic rings. The van der Waals surface area contributed by atoms with Gasteiger partial charge in [-0.05, 0) is 44.2 Å². The molecule has 1 aromatic heterocycles. The molecule has 25 heavy (non-hydrogen) atoms. The molecule has 0 radical (unpaired) electrons. The van der Waals surface area contributed by atoms with Crippen molar-refractivity contribution < 1.29 is 13.9 Å². The van der Waals surface area contributed by atoms with E-state index < -0.39 is 5.60 Å². The largest absolute Gasteiger partial charge is 0.436 e. The number of nitrogens with zero attached hydrogens (tertiary/aromatic N) is 3. The van der Waals surface area contributed by atoms with Gasteiger partial charge in [-0.25, -0.2) is 14.4 Å². The predicted molar refractivity (Wildman–Crippen MR) is 98.2 cm³/mol. The lowest BCUT2D eigenvalue weighted by Crippen LogP contribution is -2.30. The highest BCUT2D eigenvalue weighted by Crippen LogP contribution is 2.35. The zero-order chi connectivity index (χ0) is 17.9. The van der Waals surface area contributed by atoms with Crippen LogP contribution in [0.5, 0.6) is 0 Å². The fraction of sp³-hybridized carbons (Fsp3) is 0.278. The first kappa shape index (κ1) is 17.6. The summed E-state index contributed by atoms with van der Waals surface area (Å²) in [5, 5.41) is 11.3. The Morgan fingerprint density at radius 2 is 2.16 bits per heavy atom. The molecule has 0 aliphatic carbocycles. The molecule has 0 atom stereocenters. The third kappa shape index (κ3) is 4.43. The number of hydrogen-bond donors (Lipinski definition) is 1. The molecular weight excluding hydrogens is 341 g/mol. The molecule has 0 saturated heterocycles. The molecule has 0 spiro atoms. The van der Waals surface area contributed by atoms with E-state index in [0.717, 1.165) is 5.57 Å². The van der Waals surface area contributed by atoms with Gasteiger partial charge in [0.05, 0.1) is 17.5 Å². The summed E-state index contributed by atoms with van der Waals surface area (Å²) in [5.41, 5.74) is 1.11. The van der Waals surface area contributed by atoms with Crippen molar-refractivity contribution in [3.8, 4) is 0 Å². The van der Waals surface area contributed by atoms with Gasteiger partial charge in [0.25, 0.3) is 0 Å². The number of hydrogen-bond acceptors (Lipinski definition) is 6. The molecule has 0 amide bonds. The predicted octanol–water partition coefficient (Wildman–Crippen LogP) is 4.45. The quantitative estimate of drug-likeness (QED) is 0.862. The first-order chi connectivity index (χ1) is 11.9. The van der Waals surface area contributed by atoms with Crippen molar-refractivity contribution >= 4 is 29.3 Å². The Bertz CT molecular complexity index is 839. The number of aromatic nitrogens is 1. The second kappa shape index (κ2) is 7.33. The molecule has 2 aliphatic heterocycles. The standard InChI is InChI=1S/C18H18FN3O2S/c1-18(2,23)14-7-3-5-12(9-20-14)16-17(24-11-22-16)25-15-8-4-6-13(19)10-21-15/h3,5-6,8-11,23H,4,7H2,1-2H3. The lowest BCUT2D eigenvalue weighted by Gasteiger charge is -2.17. The molecule has 0 aromatic carbocycles. The summed E-state index contributed by atoms with van der Waals surface area (Å²) in [7, 11) is 0. The number of aliphatic imine (C=N–C) groups is 2. The summed E-state index contributed by atoms with van der Waals surface area (Å²) < 4.78 is 18.7. The lowest BCUT2D eigenvalue weighted by molar-refractivity contribution is 0.152. The smallest absolute Gasteiger partial charge is 0.194 e. The summed E-state index contributed by atoms with van der Waals surface area (Å²) in [4.78, 5) is 12.8. The van der Waals surface area contributed by atoms with Crippen LogP contribution >= 0.6 is 11.8 Å². The van der Waals surface area contributed by atoms with Crippen LogP contribution < -0.4 is 0 Å². The molecule has 5 nitrogen and oxygen atoms in total. The second-order valence-corrected chi connectivity index (χ2v) is 7.03. The molecule has 0 fully saturated rings. The van der Waals surface area contributed by atoms with Crippen molar-refractivity contribution in [2.75, 3.05) is 0 Å². The highest BCUT2D eigenvalue weighted by molar-refractivity contribution is 8.03. The van der Waals surface area contributed by atoms with E-state index in [2.05, 4.69) is 15.0 Å². The number of oxazole rings is 1. The van der Waals surface area contributed by atoms with Crippen LogP contribution in [-0.2, 0) is 0 Å². The zero-order valence-corrected chi connectivity index (χ0v) is 14.8.